The van der Waals surface area contributed by atoms with Crippen molar-refractivity contribution in [3.63, 3.8) is 0 Å². The van der Waals surface area contributed by atoms with Gasteiger partial charge < -0.3 is 10.3 Å². The summed E-state index contributed by atoms with van der Waals surface area (Å²) in [5.41, 5.74) is 5.62. The summed E-state index contributed by atoms with van der Waals surface area (Å²) in [5.74, 6) is 0.264. The van der Waals surface area contributed by atoms with Crippen LogP contribution in [-0.4, -0.2) is 30.2 Å². The van der Waals surface area contributed by atoms with E-state index in [4.69, 9.17) is 5.73 Å². The fourth-order valence-corrected chi connectivity index (χ4v) is 3.45. The summed E-state index contributed by atoms with van der Waals surface area (Å²) >= 11 is 1.41. The number of fused-ring (bicyclic) bond motifs is 1. The Bertz CT molecular complexity index is 978. The average Bonchev–Trinajstić information content (AvgIpc) is 3.04. The van der Waals surface area contributed by atoms with Gasteiger partial charge in [0.05, 0.1) is 16.7 Å². The molecule has 0 aliphatic heterocycles. The minimum Gasteiger partial charge on any atom is -0.368 e. The lowest BCUT2D eigenvalue weighted by Gasteiger charge is -2.13. The molecule has 0 unspecified atom stereocenters. The maximum absolute atomic E-state index is 12.7. The molecule has 0 atom stereocenters. The van der Waals surface area contributed by atoms with Gasteiger partial charge in [0.2, 0.25) is 5.91 Å². The standard InChI is InChI=1S/C16H18N6O2S/c1-10(2)22-9-18-20-16(22)25-8-14-19-12-6-4-3-5-11(12)15(24)21(14)7-13(17)23/h3-6,9-10H,7-8H2,1-2H3,(H2,17,23). The van der Waals surface area contributed by atoms with Gasteiger partial charge in [-0.1, -0.05) is 23.9 Å². The predicted molar refractivity (Wildman–Crippen MR) is 95.2 cm³/mol. The molecule has 130 valence electrons. The molecule has 0 radical (unpaired) electrons. The van der Waals surface area contributed by atoms with Crippen molar-refractivity contribution in [1.82, 2.24) is 24.3 Å². The predicted octanol–water partition coefficient (Wildman–Crippen LogP) is 1.35. The van der Waals surface area contributed by atoms with Crippen molar-refractivity contribution in [3.8, 4) is 0 Å². The summed E-state index contributed by atoms with van der Waals surface area (Å²) in [7, 11) is 0. The largest absolute Gasteiger partial charge is 0.368 e. The highest BCUT2D eigenvalue weighted by Crippen LogP contribution is 2.22. The zero-order valence-electron chi connectivity index (χ0n) is 13.9. The molecule has 2 N–H and O–H groups in total. The van der Waals surface area contributed by atoms with Gasteiger partial charge in [0.15, 0.2) is 5.16 Å². The first-order valence-electron chi connectivity index (χ1n) is 7.76. The van der Waals surface area contributed by atoms with E-state index in [1.165, 1.54) is 16.3 Å². The van der Waals surface area contributed by atoms with E-state index in [1.807, 2.05) is 24.5 Å². The molecule has 1 aromatic carbocycles. The number of nitrogens with two attached hydrogens (primary N) is 1. The highest BCUT2D eigenvalue weighted by molar-refractivity contribution is 7.98. The Morgan fingerprint density at radius 3 is 2.80 bits per heavy atom. The van der Waals surface area contributed by atoms with E-state index in [0.29, 0.717) is 22.5 Å². The highest BCUT2D eigenvalue weighted by atomic mass is 32.2. The second kappa shape index (κ2) is 7.06. The summed E-state index contributed by atoms with van der Waals surface area (Å²) in [6.45, 7) is 3.86. The van der Waals surface area contributed by atoms with Crippen molar-refractivity contribution in [1.29, 1.82) is 0 Å². The summed E-state index contributed by atoms with van der Waals surface area (Å²) < 4.78 is 3.26. The second-order valence-electron chi connectivity index (χ2n) is 5.81. The van der Waals surface area contributed by atoms with E-state index < -0.39 is 5.91 Å². The fourth-order valence-electron chi connectivity index (χ4n) is 2.46. The highest BCUT2D eigenvalue weighted by Gasteiger charge is 2.15. The van der Waals surface area contributed by atoms with Gasteiger partial charge in [0, 0.05) is 6.04 Å². The molecule has 9 heteroatoms. The van der Waals surface area contributed by atoms with Crippen molar-refractivity contribution in [2.45, 2.75) is 37.3 Å². The topological polar surface area (TPSA) is 109 Å². The number of carbonyl (C=O) groups is 1. The minimum atomic E-state index is -0.587. The number of para-hydroxylation sites is 1. The molecule has 25 heavy (non-hydrogen) atoms. The van der Waals surface area contributed by atoms with Crippen LogP contribution >= 0.6 is 11.8 Å². The maximum Gasteiger partial charge on any atom is 0.261 e. The molecule has 0 saturated carbocycles. The number of hydrogen-bond acceptors (Lipinski definition) is 6. The maximum atomic E-state index is 12.7. The van der Waals surface area contributed by atoms with Crippen LogP contribution in [0.25, 0.3) is 10.9 Å². The van der Waals surface area contributed by atoms with E-state index >= 15 is 0 Å². The molecular weight excluding hydrogens is 340 g/mol. The fraction of sp³-hybridized carbons (Fsp3) is 0.312. The molecule has 3 aromatic rings. The first-order chi connectivity index (χ1) is 12.0. The van der Waals surface area contributed by atoms with Gasteiger partial charge in [-0.05, 0) is 26.0 Å². The number of amides is 1. The molecule has 1 amide bonds. The molecule has 0 spiro atoms. The Hall–Kier alpha value is -2.68. The van der Waals surface area contributed by atoms with Gasteiger partial charge in [-0.15, -0.1) is 10.2 Å². The lowest BCUT2D eigenvalue weighted by atomic mass is 10.2. The zero-order chi connectivity index (χ0) is 18.0. The van der Waals surface area contributed by atoms with E-state index in [1.54, 1.807) is 24.5 Å². The van der Waals surface area contributed by atoms with Crippen LogP contribution in [0.3, 0.4) is 0 Å². The van der Waals surface area contributed by atoms with Crippen LogP contribution in [0.5, 0.6) is 0 Å². The summed E-state index contributed by atoms with van der Waals surface area (Å²) in [5, 5.41) is 9.21. The molecule has 0 fully saturated rings. The Morgan fingerprint density at radius 1 is 1.32 bits per heavy atom. The number of benzene rings is 1. The van der Waals surface area contributed by atoms with E-state index in [2.05, 4.69) is 15.2 Å². The van der Waals surface area contributed by atoms with Gasteiger partial charge in [0.1, 0.15) is 18.7 Å². The van der Waals surface area contributed by atoms with Crippen molar-refractivity contribution < 1.29 is 4.79 Å². The van der Waals surface area contributed by atoms with Crippen LogP contribution in [0.4, 0.5) is 0 Å². The van der Waals surface area contributed by atoms with Crippen molar-refractivity contribution in [2.75, 3.05) is 0 Å². The van der Waals surface area contributed by atoms with Gasteiger partial charge in [-0.3, -0.25) is 14.2 Å². The second-order valence-corrected chi connectivity index (χ2v) is 6.75. The smallest absolute Gasteiger partial charge is 0.261 e. The third-order valence-electron chi connectivity index (χ3n) is 3.68. The average molecular weight is 358 g/mol. The van der Waals surface area contributed by atoms with Crippen LogP contribution in [0.15, 0.2) is 40.5 Å². The van der Waals surface area contributed by atoms with Crippen LogP contribution in [-0.2, 0) is 17.1 Å². The third kappa shape index (κ3) is 3.55. The molecule has 2 aromatic heterocycles. The quantitative estimate of drug-likeness (QED) is 0.666. The van der Waals surface area contributed by atoms with Crippen LogP contribution in [0.2, 0.25) is 0 Å². The van der Waals surface area contributed by atoms with Crippen molar-refractivity contribution in [2.24, 2.45) is 5.73 Å². The number of primary amides is 1. The first kappa shape index (κ1) is 17.2. The molecule has 8 nitrogen and oxygen atoms in total. The molecule has 0 bridgehead atoms. The monoisotopic (exact) mass is 358 g/mol. The third-order valence-corrected chi connectivity index (χ3v) is 4.63. The van der Waals surface area contributed by atoms with Crippen LogP contribution in [0, 0.1) is 0 Å². The van der Waals surface area contributed by atoms with Crippen molar-refractivity contribution in [3.05, 3.63) is 46.8 Å². The van der Waals surface area contributed by atoms with Crippen LogP contribution < -0.4 is 11.3 Å². The SMILES string of the molecule is CC(C)n1cnnc1SCc1nc2ccccc2c(=O)n1CC(N)=O. The number of thioether (sulfide) groups is 1. The lowest BCUT2D eigenvalue weighted by molar-refractivity contribution is -0.118. The summed E-state index contributed by atoms with van der Waals surface area (Å²) in [4.78, 5) is 28.6. The number of aromatic nitrogens is 5. The van der Waals surface area contributed by atoms with E-state index in [0.717, 1.165) is 5.16 Å². The first-order valence-corrected chi connectivity index (χ1v) is 8.75. The van der Waals surface area contributed by atoms with Gasteiger partial charge in [-0.25, -0.2) is 4.98 Å². The van der Waals surface area contributed by atoms with Gasteiger partial charge in [0.25, 0.3) is 5.56 Å². The molecule has 0 aliphatic carbocycles. The number of hydrogen-bond donors (Lipinski definition) is 1. The Labute approximate surface area is 148 Å². The zero-order valence-corrected chi connectivity index (χ0v) is 14.7. The van der Waals surface area contributed by atoms with E-state index in [9.17, 15) is 9.59 Å². The number of nitrogens with zero attached hydrogens (tertiary/aromatic N) is 5. The molecule has 3 rings (SSSR count). The van der Waals surface area contributed by atoms with Crippen LogP contribution in [0.1, 0.15) is 25.7 Å². The summed E-state index contributed by atoms with van der Waals surface area (Å²) in [6, 6.07) is 7.26. The minimum absolute atomic E-state index is 0.205. The normalized spacial score (nSPS) is 11.3. The number of carbonyl (C=O) groups excluding carboxylic acids is 1. The number of rotatable bonds is 6. The Balaban J connectivity index is 2.00. The molecule has 0 aliphatic rings. The van der Waals surface area contributed by atoms with E-state index in [-0.39, 0.29) is 18.1 Å². The lowest BCUT2D eigenvalue weighted by Crippen LogP contribution is -2.31. The summed E-state index contributed by atoms with van der Waals surface area (Å²) in [6.07, 6.45) is 1.66. The van der Waals surface area contributed by atoms with Gasteiger partial charge in [-0.2, -0.15) is 0 Å². The molecule has 0 saturated heterocycles. The molecular formula is C16H18N6O2S. The molecule has 2 heterocycles. The Kier molecular flexibility index (Phi) is 4.84. The Morgan fingerprint density at radius 2 is 2.08 bits per heavy atom. The van der Waals surface area contributed by atoms with Crippen molar-refractivity contribution >= 4 is 28.6 Å². The van der Waals surface area contributed by atoms with Gasteiger partial charge >= 0.3 is 0 Å².